The molecule has 2 atom stereocenters. The largest absolute Gasteiger partial charge is 0.511 e. The zero-order chi connectivity index (χ0) is 20.2. The zero-order valence-electron chi connectivity index (χ0n) is 16.2. The van der Waals surface area contributed by atoms with Crippen LogP contribution in [0, 0.1) is 12.7 Å². The number of anilines is 1. The first-order valence-electron chi connectivity index (χ1n) is 9.56. The van der Waals surface area contributed by atoms with E-state index in [0.717, 1.165) is 24.6 Å². The monoisotopic (exact) mass is 389 g/mol. The second-order valence-corrected chi connectivity index (χ2v) is 7.95. The molecule has 28 heavy (non-hydrogen) atoms. The first-order chi connectivity index (χ1) is 13.3. The van der Waals surface area contributed by atoms with Gasteiger partial charge in [0, 0.05) is 25.2 Å². The number of nitrogens with one attached hydrogen (secondary N) is 1. The van der Waals surface area contributed by atoms with Crippen LogP contribution < -0.4 is 20.5 Å². The highest BCUT2D eigenvalue weighted by Crippen LogP contribution is 2.44. The maximum atomic E-state index is 15.2. The number of nitrogens with zero attached hydrogens (tertiary/aromatic N) is 2. The Hall–Kier alpha value is -2.61. The molecule has 150 valence electrons. The summed E-state index contributed by atoms with van der Waals surface area (Å²) in [6, 6.07) is 1.95. The van der Waals surface area contributed by atoms with Crippen molar-refractivity contribution in [3.8, 4) is 5.75 Å². The van der Waals surface area contributed by atoms with E-state index >= 15 is 4.39 Å². The van der Waals surface area contributed by atoms with Crippen molar-refractivity contribution >= 4 is 17.4 Å². The van der Waals surface area contributed by atoms with Crippen LogP contribution in [0.2, 0.25) is 0 Å². The molecule has 0 amide bonds. The summed E-state index contributed by atoms with van der Waals surface area (Å²) < 4.78 is 21.0. The minimum absolute atomic E-state index is 0.218. The van der Waals surface area contributed by atoms with Gasteiger partial charge in [-0.15, -0.1) is 0 Å². The molecule has 8 heteroatoms. The van der Waals surface area contributed by atoms with E-state index in [0.29, 0.717) is 29.9 Å². The van der Waals surface area contributed by atoms with E-state index in [1.807, 2.05) is 11.8 Å². The lowest BCUT2D eigenvalue weighted by Gasteiger charge is -2.38. The average molecular weight is 389 g/mol. The molecule has 2 aromatic rings. The Labute approximate surface area is 161 Å². The first-order valence-corrected chi connectivity index (χ1v) is 9.56. The second-order valence-electron chi connectivity index (χ2n) is 7.95. The summed E-state index contributed by atoms with van der Waals surface area (Å²) >= 11 is 0. The Morgan fingerprint density at radius 3 is 2.50 bits per heavy atom. The Bertz CT molecular complexity index is 1000. The summed E-state index contributed by atoms with van der Waals surface area (Å²) in [7, 11) is 0. The fourth-order valence-electron chi connectivity index (χ4n) is 4.39. The molecule has 1 saturated heterocycles. The van der Waals surface area contributed by atoms with Crippen molar-refractivity contribution in [2.45, 2.75) is 51.6 Å². The van der Waals surface area contributed by atoms with Crippen LogP contribution in [0.15, 0.2) is 17.1 Å². The highest BCUT2D eigenvalue weighted by Gasteiger charge is 2.31. The predicted molar refractivity (Wildman–Crippen MR) is 103 cm³/mol. The van der Waals surface area contributed by atoms with E-state index in [2.05, 4.69) is 23.9 Å². The lowest BCUT2D eigenvalue weighted by molar-refractivity contribution is 0.143. The number of halogens is 1. The molecule has 2 N–H and O–H groups in total. The minimum atomic E-state index is -1.56. The number of ether oxygens (including phenoxy) is 1. The van der Waals surface area contributed by atoms with Gasteiger partial charge in [0.2, 0.25) is 0 Å². The van der Waals surface area contributed by atoms with Crippen LogP contribution in [0.4, 0.5) is 14.9 Å². The van der Waals surface area contributed by atoms with Gasteiger partial charge >= 0.3 is 6.16 Å². The Kier molecular flexibility index (Phi) is 4.53. The van der Waals surface area contributed by atoms with Gasteiger partial charge in [-0.25, -0.2) is 9.18 Å². The van der Waals surface area contributed by atoms with Crippen LogP contribution in [0.3, 0.4) is 0 Å². The van der Waals surface area contributed by atoms with Gasteiger partial charge in [-0.3, -0.25) is 9.20 Å². The van der Waals surface area contributed by atoms with Crippen molar-refractivity contribution in [1.29, 1.82) is 0 Å². The first kappa shape index (κ1) is 18.7. The van der Waals surface area contributed by atoms with Crippen molar-refractivity contribution in [1.82, 2.24) is 9.72 Å². The van der Waals surface area contributed by atoms with Crippen molar-refractivity contribution in [3.05, 3.63) is 39.6 Å². The summed E-state index contributed by atoms with van der Waals surface area (Å²) in [5.41, 5.74) is 2.03. The Balaban J connectivity index is 1.94. The van der Waals surface area contributed by atoms with Crippen LogP contribution in [0.25, 0.3) is 5.52 Å². The van der Waals surface area contributed by atoms with Crippen LogP contribution in [0.5, 0.6) is 5.75 Å². The van der Waals surface area contributed by atoms with Crippen molar-refractivity contribution < 1.29 is 19.0 Å². The number of aromatic nitrogens is 1. The van der Waals surface area contributed by atoms with E-state index in [1.165, 1.54) is 10.5 Å². The molecule has 1 aliphatic heterocycles. The molecular weight excluding hydrogens is 365 g/mol. The maximum Gasteiger partial charge on any atom is 0.511 e. The molecule has 1 aliphatic carbocycles. The summed E-state index contributed by atoms with van der Waals surface area (Å²) in [6.45, 7) is 7.29. The van der Waals surface area contributed by atoms with Gasteiger partial charge < -0.3 is 20.1 Å². The molecule has 7 nitrogen and oxygen atoms in total. The number of piperazine rings is 1. The van der Waals surface area contributed by atoms with Crippen molar-refractivity contribution in [3.63, 3.8) is 0 Å². The fraction of sp³-hybridized carbons (Fsp3) is 0.500. The van der Waals surface area contributed by atoms with Gasteiger partial charge in [0.05, 0.1) is 17.4 Å². The van der Waals surface area contributed by atoms with Crippen LogP contribution in [-0.4, -0.2) is 40.8 Å². The quantitative estimate of drug-likeness (QED) is 0.786. The molecule has 0 unspecified atom stereocenters. The number of carboxylic acid groups (broad SMARTS) is 1. The number of pyridine rings is 2. The summed E-state index contributed by atoms with van der Waals surface area (Å²) in [6.07, 6.45) is 1.51. The predicted octanol–water partition coefficient (Wildman–Crippen LogP) is 2.87. The van der Waals surface area contributed by atoms with Crippen LogP contribution in [-0.2, 0) is 0 Å². The molecule has 2 fully saturated rings. The van der Waals surface area contributed by atoms with Crippen molar-refractivity contribution in [2.24, 2.45) is 0 Å². The van der Waals surface area contributed by atoms with Gasteiger partial charge in [0.25, 0.3) is 5.56 Å². The zero-order valence-corrected chi connectivity index (χ0v) is 16.2. The molecule has 0 aromatic carbocycles. The molecule has 0 bridgehead atoms. The molecule has 2 aromatic heterocycles. The third kappa shape index (κ3) is 3.22. The smallest absolute Gasteiger partial charge is 0.449 e. The van der Waals surface area contributed by atoms with E-state index in [9.17, 15) is 9.59 Å². The molecule has 1 saturated carbocycles. The standard InChI is InChI=1S/C20H24FN3O4/c1-10-7-23(8-11(2)22-10)18-12(3)17-14(13-4-5-13)6-16(28-20(26)27)19(25)24(17)9-15(18)21/h6,9-11,13,22H,4-5,7-8H2,1-3H3,(H,26,27)/t10-,11+. The second kappa shape index (κ2) is 6.77. The molecular formula is C20H24FN3O4. The van der Waals surface area contributed by atoms with E-state index in [4.69, 9.17) is 5.11 Å². The minimum Gasteiger partial charge on any atom is -0.449 e. The number of aryl methyl sites for hydroxylation is 1. The van der Waals surface area contributed by atoms with Gasteiger partial charge in [-0.05, 0) is 56.7 Å². The van der Waals surface area contributed by atoms with E-state index in [1.54, 1.807) is 0 Å². The maximum absolute atomic E-state index is 15.2. The number of carbonyl (C=O) groups is 1. The Morgan fingerprint density at radius 2 is 1.93 bits per heavy atom. The van der Waals surface area contributed by atoms with Crippen molar-refractivity contribution in [2.75, 3.05) is 18.0 Å². The van der Waals surface area contributed by atoms with Gasteiger partial charge in [0.15, 0.2) is 11.6 Å². The molecule has 2 aliphatic rings. The highest BCUT2D eigenvalue weighted by molar-refractivity contribution is 5.74. The molecule has 3 heterocycles. The summed E-state index contributed by atoms with van der Waals surface area (Å²) in [4.78, 5) is 25.7. The van der Waals surface area contributed by atoms with Gasteiger partial charge in [-0.1, -0.05) is 0 Å². The van der Waals surface area contributed by atoms with Gasteiger partial charge in [0.1, 0.15) is 0 Å². The van der Waals surface area contributed by atoms with Crippen LogP contribution >= 0.6 is 0 Å². The SMILES string of the molecule is Cc1c(N2C[C@@H](C)N[C@@H](C)C2)c(F)cn2c(=O)c(OC(=O)O)cc(C3CC3)c12. The Morgan fingerprint density at radius 1 is 1.29 bits per heavy atom. The summed E-state index contributed by atoms with van der Waals surface area (Å²) in [5, 5.41) is 12.4. The lowest BCUT2D eigenvalue weighted by Crippen LogP contribution is -2.54. The number of rotatable bonds is 3. The molecule has 0 radical (unpaired) electrons. The topological polar surface area (TPSA) is 83.3 Å². The lowest BCUT2D eigenvalue weighted by atomic mass is 10.0. The number of hydrogen-bond donors (Lipinski definition) is 2. The van der Waals surface area contributed by atoms with Gasteiger partial charge in [-0.2, -0.15) is 0 Å². The number of hydrogen-bond acceptors (Lipinski definition) is 5. The van der Waals surface area contributed by atoms with Crippen LogP contribution in [0.1, 0.15) is 43.7 Å². The molecule has 0 spiro atoms. The third-order valence-corrected chi connectivity index (χ3v) is 5.50. The molecule has 4 rings (SSSR count). The normalized spacial score (nSPS) is 22.5. The average Bonchev–Trinajstić information content (AvgIpc) is 3.41. The fourth-order valence-corrected chi connectivity index (χ4v) is 4.39. The number of fused-ring (bicyclic) bond motifs is 1. The highest BCUT2D eigenvalue weighted by atomic mass is 19.1. The summed E-state index contributed by atoms with van der Waals surface area (Å²) in [5.74, 6) is -0.560. The third-order valence-electron chi connectivity index (χ3n) is 5.50. The van der Waals surface area contributed by atoms with E-state index in [-0.39, 0.29) is 23.8 Å². The van der Waals surface area contributed by atoms with E-state index < -0.39 is 17.5 Å².